The molecule has 0 fully saturated rings. The number of carboxylic acid groups (broad SMARTS) is 1. The molecule has 0 amide bonds. The number of hydrogen-bond donors (Lipinski definition) is 1. The molecule has 0 aliphatic rings. The third-order valence-corrected chi connectivity index (χ3v) is 5.48. The highest BCUT2D eigenvalue weighted by atomic mass is 16.4. The van der Waals surface area contributed by atoms with Gasteiger partial charge in [0, 0.05) is 0 Å². The molecular weight excluding hydrogens is 296 g/mol. The molecule has 0 saturated carbocycles. The van der Waals surface area contributed by atoms with Crippen LogP contribution in [-0.2, 0) is 4.79 Å². The van der Waals surface area contributed by atoms with Crippen LogP contribution in [0, 0.1) is 5.41 Å². The maximum atomic E-state index is 12.1. The summed E-state index contributed by atoms with van der Waals surface area (Å²) >= 11 is 0. The van der Waals surface area contributed by atoms with Crippen molar-refractivity contribution in [3.8, 4) is 0 Å². The third-order valence-electron chi connectivity index (χ3n) is 5.48. The normalized spacial score (nSPS) is 11.8. The Morgan fingerprint density at radius 1 is 0.583 bits per heavy atom. The van der Waals surface area contributed by atoms with Crippen LogP contribution in [0.25, 0.3) is 0 Å². The maximum Gasteiger partial charge on any atom is 0.309 e. The van der Waals surface area contributed by atoms with Crippen molar-refractivity contribution < 1.29 is 9.90 Å². The number of unbranched alkanes of at least 4 members (excludes halogenated alkanes) is 11. The van der Waals surface area contributed by atoms with Crippen molar-refractivity contribution in [2.24, 2.45) is 5.41 Å². The quantitative estimate of drug-likeness (QED) is 0.259. The Labute approximate surface area is 151 Å². The lowest BCUT2D eigenvalue weighted by atomic mass is 9.74. The van der Waals surface area contributed by atoms with E-state index in [0.717, 1.165) is 38.5 Å². The molecule has 0 aromatic carbocycles. The zero-order valence-electron chi connectivity index (χ0n) is 16.9. The van der Waals surface area contributed by atoms with Gasteiger partial charge in [0.05, 0.1) is 5.41 Å². The largest absolute Gasteiger partial charge is 0.481 e. The minimum Gasteiger partial charge on any atom is -0.481 e. The molecule has 0 aromatic heterocycles. The Kier molecular flexibility index (Phi) is 15.6. The van der Waals surface area contributed by atoms with Crippen LogP contribution in [0.2, 0.25) is 0 Å². The highest BCUT2D eigenvalue weighted by Gasteiger charge is 2.36. The van der Waals surface area contributed by atoms with E-state index in [1.807, 2.05) is 0 Å². The van der Waals surface area contributed by atoms with E-state index in [9.17, 15) is 9.90 Å². The first-order chi connectivity index (χ1) is 11.6. The Bertz CT molecular complexity index is 274. The first-order valence-electron chi connectivity index (χ1n) is 10.9. The van der Waals surface area contributed by atoms with Crippen molar-refractivity contribution in [3.63, 3.8) is 0 Å². The van der Waals surface area contributed by atoms with E-state index in [4.69, 9.17) is 0 Å². The summed E-state index contributed by atoms with van der Waals surface area (Å²) in [6.07, 6.45) is 19.6. The molecule has 2 heteroatoms. The van der Waals surface area contributed by atoms with Crippen LogP contribution in [0.3, 0.4) is 0 Å². The predicted octanol–water partition coefficient (Wildman–Crippen LogP) is 7.75. The molecule has 2 nitrogen and oxygen atoms in total. The monoisotopic (exact) mass is 340 g/mol. The van der Waals surface area contributed by atoms with Crippen LogP contribution in [-0.4, -0.2) is 11.1 Å². The summed E-state index contributed by atoms with van der Waals surface area (Å²) in [7, 11) is 0. The van der Waals surface area contributed by atoms with Crippen LogP contribution in [0.1, 0.15) is 130 Å². The Morgan fingerprint density at radius 3 is 1.21 bits per heavy atom. The molecule has 144 valence electrons. The first-order valence-corrected chi connectivity index (χ1v) is 10.9. The molecule has 0 aliphatic carbocycles. The van der Waals surface area contributed by atoms with E-state index in [2.05, 4.69) is 20.8 Å². The van der Waals surface area contributed by atoms with Crippen LogP contribution < -0.4 is 0 Å². The predicted molar refractivity (Wildman–Crippen MR) is 106 cm³/mol. The minimum absolute atomic E-state index is 0.438. The van der Waals surface area contributed by atoms with Crippen molar-refractivity contribution in [2.45, 2.75) is 130 Å². The van der Waals surface area contributed by atoms with Crippen LogP contribution >= 0.6 is 0 Å². The lowest BCUT2D eigenvalue weighted by Gasteiger charge is -2.30. The van der Waals surface area contributed by atoms with Crippen LogP contribution in [0.5, 0.6) is 0 Å². The lowest BCUT2D eigenvalue weighted by molar-refractivity contribution is -0.150. The summed E-state index contributed by atoms with van der Waals surface area (Å²) in [5.74, 6) is -0.524. The molecular formula is C22H44O2. The van der Waals surface area contributed by atoms with Gasteiger partial charge in [-0.3, -0.25) is 4.79 Å². The molecule has 0 heterocycles. The van der Waals surface area contributed by atoms with Crippen LogP contribution in [0.15, 0.2) is 0 Å². The van der Waals surface area contributed by atoms with Gasteiger partial charge < -0.3 is 5.11 Å². The van der Waals surface area contributed by atoms with Gasteiger partial charge >= 0.3 is 5.97 Å². The number of hydrogen-bond acceptors (Lipinski definition) is 1. The average molecular weight is 341 g/mol. The standard InChI is InChI=1S/C22H44O2/c1-4-7-10-13-14-17-20-22(21(23)24,18-15-11-8-5-2)19-16-12-9-6-3/h4-20H2,1-3H3,(H,23,24). The Morgan fingerprint density at radius 2 is 0.875 bits per heavy atom. The second-order valence-electron chi connectivity index (χ2n) is 7.72. The van der Waals surface area contributed by atoms with Gasteiger partial charge in [-0.2, -0.15) is 0 Å². The van der Waals surface area contributed by atoms with E-state index in [0.29, 0.717) is 0 Å². The Balaban J connectivity index is 4.46. The van der Waals surface area contributed by atoms with Gasteiger partial charge in [-0.15, -0.1) is 0 Å². The fourth-order valence-electron chi connectivity index (χ4n) is 3.72. The summed E-state index contributed by atoms with van der Waals surface area (Å²) in [6, 6.07) is 0. The second-order valence-corrected chi connectivity index (χ2v) is 7.72. The average Bonchev–Trinajstić information content (AvgIpc) is 2.57. The van der Waals surface area contributed by atoms with E-state index in [1.54, 1.807) is 0 Å². The molecule has 0 rings (SSSR count). The summed E-state index contributed by atoms with van der Waals surface area (Å²) in [4.78, 5) is 12.1. The van der Waals surface area contributed by atoms with Gasteiger partial charge in [0.15, 0.2) is 0 Å². The summed E-state index contributed by atoms with van der Waals surface area (Å²) < 4.78 is 0. The Hall–Kier alpha value is -0.530. The number of rotatable bonds is 18. The smallest absolute Gasteiger partial charge is 0.309 e. The molecule has 0 unspecified atom stereocenters. The fourth-order valence-corrected chi connectivity index (χ4v) is 3.72. The molecule has 0 aromatic rings. The first kappa shape index (κ1) is 23.5. The molecule has 0 radical (unpaired) electrons. The number of carboxylic acids is 1. The number of carbonyl (C=O) groups is 1. The lowest BCUT2D eigenvalue weighted by Crippen LogP contribution is -2.31. The van der Waals surface area contributed by atoms with Gasteiger partial charge in [-0.25, -0.2) is 0 Å². The van der Waals surface area contributed by atoms with E-state index >= 15 is 0 Å². The SMILES string of the molecule is CCCCCCCCC(CCCCCC)(CCCCCC)C(=O)O. The highest BCUT2D eigenvalue weighted by Crippen LogP contribution is 2.37. The summed E-state index contributed by atoms with van der Waals surface area (Å²) in [5.41, 5.74) is -0.438. The van der Waals surface area contributed by atoms with Gasteiger partial charge in [0.25, 0.3) is 0 Å². The molecule has 0 spiro atoms. The van der Waals surface area contributed by atoms with Crippen molar-refractivity contribution in [1.29, 1.82) is 0 Å². The summed E-state index contributed by atoms with van der Waals surface area (Å²) in [5, 5.41) is 9.98. The molecule has 24 heavy (non-hydrogen) atoms. The van der Waals surface area contributed by atoms with Gasteiger partial charge in [0.1, 0.15) is 0 Å². The summed E-state index contributed by atoms with van der Waals surface area (Å²) in [6.45, 7) is 6.67. The van der Waals surface area contributed by atoms with Gasteiger partial charge in [-0.1, -0.05) is 111 Å². The maximum absolute atomic E-state index is 12.1. The molecule has 0 saturated heterocycles. The topological polar surface area (TPSA) is 37.3 Å². The van der Waals surface area contributed by atoms with E-state index in [1.165, 1.54) is 70.6 Å². The van der Waals surface area contributed by atoms with E-state index < -0.39 is 11.4 Å². The van der Waals surface area contributed by atoms with Crippen molar-refractivity contribution in [1.82, 2.24) is 0 Å². The molecule has 0 aliphatic heterocycles. The van der Waals surface area contributed by atoms with Gasteiger partial charge in [0.2, 0.25) is 0 Å². The van der Waals surface area contributed by atoms with E-state index in [-0.39, 0.29) is 0 Å². The second kappa shape index (κ2) is 16.0. The van der Waals surface area contributed by atoms with Crippen molar-refractivity contribution in [2.75, 3.05) is 0 Å². The van der Waals surface area contributed by atoms with Crippen molar-refractivity contribution >= 4 is 5.97 Å². The molecule has 0 bridgehead atoms. The molecule has 1 N–H and O–H groups in total. The van der Waals surface area contributed by atoms with Gasteiger partial charge in [-0.05, 0) is 19.3 Å². The zero-order chi connectivity index (χ0) is 18.1. The third kappa shape index (κ3) is 11.1. The number of aliphatic carboxylic acids is 1. The molecule has 0 atom stereocenters. The minimum atomic E-state index is -0.524. The van der Waals surface area contributed by atoms with Crippen LogP contribution in [0.4, 0.5) is 0 Å². The van der Waals surface area contributed by atoms with Crippen molar-refractivity contribution in [3.05, 3.63) is 0 Å². The zero-order valence-corrected chi connectivity index (χ0v) is 16.9. The fraction of sp³-hybridized carbons (Fsp3) is 0.955. The highest BCUT2D eigenvalue weighted by molar-refractivity contribution is 5.74.